The number of pyridine rings is 2. The van der Waals surface area contributed by atoms with Crippen molar-refractivity contribution in [2.45, 2.75) is 176 Å². The molecule has 0 N–H and O–H groups in total. The quantitative estimate of drug-likeness (QED) is 0.142. The van der Waals surface area contributed by atoms with Crippen LogP contribution in [0.2, 0.25) is 39.3 Å². The van der Waals surface area contributed by atoms with Crippen LogP contribution in [0.1, 0.15) is 135 Å². The van der Waals surface area contributed by atoms with Crippen LogP contribution in [0.15, 0.2) is 67.0 Å². The van der Waals surface area contributed by atoms with Gasteiger partial charge in [-0.3, -0.25) is 4.98 Å². The van der Waals surface area contributed by atoms with Crippen LogP contribution in [0.3, 0.4) is 0 Å². The number of benzene rings is 2. The number of aromatic nitrogens is 2. The number of hydrogen-bond acceptors (Lipinski definition) is 2. The first kappa shape index (κ1) is 57.1. The molecule has 0 aliphatic carbocycles. The standard InChI is InChI=1S/C23H35NSi.C23H34NSi.4CH4.Ir/c2*1-22(2,3)15-18-14-20(24-16-21(18)25(7,8)9)17-11-10-12-19(13-17)23(4,5)6;;;;;/h10-14,16H,15H2,1-9H3;10,12-14,16H,15H2,1-9H3;4*1H4;/q;-1;;;;;. The second-order valence-electron chi connectivity index (χ2n) is 21.0. The second-order valence-corrected chi connectivity index (χ2v) is 31.1. The average Bonchev–Trinajstić information content (AvgIpc) is 2.94. The molecule has 2 aromatic carbocycles. The number of hydrogen-bond donors (Lipinski definition) is 0. The molecule has 1 radical (unpaired) electrons. The molecule has 0 spiro atoms. The molecular weight excluding hydrogens is 877 g/mol. The van der Waals surface area contributed by atoms with Crippen molar-refractivity contribution in [1.82, 2.24) is 9.97 Å². The summed E-state index contributed by atoms with van der Waals surface area (Å²) in [4.78, 5) is 9.70. The van der Waals surface area contributed by atoms with Gasteiger partial charge in [-0.15, -0.1) is 35.4 Å². The second kappa shape index (κ2) is 21.0. The van der Waals surface area contributed by atoms with Crippen LogP contribution in [0, 0.1) is 16.9 Å². The van der Waals surface area contributed by atoms with E-state index in [-0.39, 0.29) is 71.5 Å². The Hall–Kier alpha value is -2.18. The van der Waals surface area contributed by atoms with Gasteiger partial charge in [-0.25, -0.2) is 0 Å². The maximum Gasteiger partial charge on any atom is 0.0799 e. The Morgan fingerprint density at radius 3 is 1.33 bits per heavy atom. The Balaban J connectivity index is -0.000000901. The zero-order valence-corrected chi connectivity index (χ0v) is 39.9. The van der Waals surface area contributed by atoms with Crippen molar-refractivity contribution in [3.05, 3.63) is 95.3 Å². The van der Waals surface area contributed by atoms with Crippen LogP contribution in [0.4, 0.5) is 0 Å². The molecule has 0 unspecified atom stereocenters. The molecule has 0 fully saturated rings. The van der Waals surface area contributed by atoms with E-state index < -0.39 is 16.1 Å². The van der Waals surface area contributed by atoms with E-state index in [2.05, 4.69) is 189 Å². The third-order valence-corrected chi connectivity index (χ3v) is 13.1. The van der Waals surface area contributed by atoms with Crippen LogP contribution >= 0.6 is 0 Å². The van der Waals surface area contributed by atoms with E-state index in [9.17, 15) is 0 Å². The van der Waals surface area contributed by atoms with Gasteiger partial charge in [-0.05, 0) is 73.8 Å². The van der Waals surface area contributed by atoms with E-state index in [0.29, 0.717) is 0 Å². The molecule has 4 rings (SSSR count). The van der Waals surface area contributed by atoms with Gasteiger partial charge in [0.05, 0.1) is 21.8 Å². The van der Waals surface area contributed by atoms with Crippen molar-refractivity contribution in [2.75, 3.05) is 0 Å². The van der Waals surface area contributed by atoms with Crippen LogP contribution < -0.4 is 10.4 Å². The van der Waals surface area contributed by atoms with Crippen molar-refractivity contribution >= 4 is 26.5 Å². The minimum absolute atomic E-state index is 0. The molecule has 0 amide bonds. The normalized spacial score (nSPS) is 12.0. The fourth-order valence-corrected chi connectivity index (χ4v) is 9.46. The van der Waals surface area contributed by atoms with Gasteiger partial charge in [0.25, 0.3) is 0 Å². The summed E-state index contributed by atoms with van der Waals surface area (Å²) in [6, 6.07) is 23.4. The fraction of sp³-hybridized carbons (Fsp3) is 0.560. The Kier molecular flexibility index (Phi) is 21.8. The maximum atomic E-state index is 4.86. The maximum absolute atomic E-state index is 4.86. The molecule has 0 saturated heterocycles. The minimum atomic E-state index is -1.42. The molecule has 5 heteroatoms. The third-order valence-electron chi connectivity index (χ3n) is 9.00. The first-order valence-electron chi connectivity index (χ1n) is 18.7. The van der Waals surface area contributed by atoms with Gasteiger partial charge in [-0.1, -0.05) is 182 Å². The molecule has 0 aliphatic heterocycles. The van der Waals surface area contributed by atoms with E-state index in [1.807, 2.05) is 6.07 Å². The predicted molar refractivity (Wildman–Crippen MR) is 255 cm³/mol. The van der Waals surface area contributed by atoms with Crippen molar-refractivity contribution in [2.24, 2.45) is 10.8 Å². The first-order valence-corrected chi connectivity index (χ1v) is 25.7. The Morgan fingerprint density at radius 1 is 0.527 bits per heavy atom. The van der Waals surface area contributed by atoms with E-state index in [0.717, 1.165) is 29.8 Å². The molecule has 0 atom stereocenters. The molecule has 55 heavy (non-hydrogen) atoms. The zero-order valence-electron chi connectivity index (χ0n) is 35.5. The van der Waals surface area contributed by atoms with Gasteiger partial charge in [-0.2, -0.15) is 0 Å². The van der Waals surface area contributed by atoms with Crippen LogP contribution in [0.25, 0.3) is 22.5 Å². The summed E-state index contributed by atoms with van der Waals surface area (Å²) < 4.78 is 0. The molecule has 313 valence electrons. The molecule has 0 aliphatic rings. The summed E-state index contributed by atoms with van der Waals surface area (Å²) in [6.45, 7) is 41.9. The van der Waals surface area contributed by atoms with E-state index in [1.54, 1.807) is 0 Å². The van der Waals surface area contributed by atoms with E-state index in [4.69, 9.17) is 9.97 Å². The SMILES string of the molecule is C.C.C.C.CC(C)(C)Cc1cc(-c2[c-]ccc(C(C)(C)C)c2)ncc1[Si](C)(C)C.CC(C)(C)Cc1cc(-c2cccc(C(C)(C)C)c2)ncc1[Si](C)(C)C.[Ir]. The molecule has 0 saturated carbocycles. The summed E-state index contributed by atoms with van der Waals surface area (Å²) in [6.07, 6.45) is 6.48. The van der Waals surface area contributed by atoms with Gasteiger partial charge in [0.15, 0.2) is 0 Å². The first-order chi connectivity index (χ1) is 22.5. The van der Waals surface area contributed by atoms with Gasteiger partial charge in [0.1, 0.15) is 0 Å². The van der Waals surface area contributed by atoms with Crippen LogP contribution in [0.5, 0.6) is 0 Å². The Bertz CT molecular complexity index is 1620. The van der Waals surface area contributed by atoms with Gasteiger partial charge in [0, 0.05) is 38.1 Å². The van der Waals surface area contributed by atoms with E-state index in [1.165, 1.54) is 38.2 Å². The third kappa shape index (κ3) is 17.5. The summed E-state index contributed by atoms with van der Waals surface area (Å²) in [5.74, 6) is 0. The van der Waals surface area contributed by atoms with Gasteiger partial charge in [0.2, 0.25) is 0 Å². The minimum Gasteiger partial charge on any atom is -0.305 e. The van der Waals surface area contributed by atoms with Crippen molar-refractivity contribution in [3.63, 3.8) is 0 Å². The van der Waals surface area contributed by atoms with Gasteiger partial charge < -0.3 is 4.98 Å². The monoisotopic (exact) mass is 963 g/mol. The van der Waals surface area contributed by atoms with Crippen molar-refractivity contribution in [1.29, 1.82) is 0 Å². The summed E-state index contributed by atoms with van der Waals surface area (Å²) in [5, 5.41) is 2.98. The Labute approximate surface area is 359 Å². The molecule has 2 aromatic heterocycles. The largest absolute Gasteiger partial charge is 0.305 e. The topological polar surface area (TPSA) is 25.8 Å². The van der Waals surface area contributed by atoms with Gasteiger partial charge >= 0.3 is 0 Å². The van der Waals surface area contributed by atoms with E-state index >= 15 is 0 Å². The Morgan fingerprint density at radius 2 is 0.927 bits per heavy atom. The predicted octanol–water partition coefficient (Wildman–Crippen LogP) is 14.7. The number of rotatable bonds is 6. The molecule has 2 heterocycles. The zero-order chi connectivity index (χ0) is 38.1. The van der Waals surface area contributed by atoms with Crippen LogP contribution in [-0.4, -0.2) is 26.1 Å². The summed E-state index contributed by atoms with van der Waals surface area (Å²) >= 11 is 0. The van der Waals surface area contributed by atoms with Crippen molar-refractivity contribution < 1.29 is 20.1 Å². The molecule has 4 aromatic rings. The fourth-order valence-electron chi connectivity index (χ4n) is 6.31. The summed E-state index contributed by atoms with van der Waals surface area (Å²) in [5.41, 5.74) is 11.0. The number of nitrogens with zero attached hydrogens (tertiary/aromatic N) is 2. The summed E-state index contributed by atoms with van der Waals surface area (Å²) in [7, 11) is -2.82. The molecular formula is C50H85IrN2Si2-. The average molecular weight is 963 g/mol. The molecule has 2 nitrogen and oxygen atoms in total. The van der Waals surface area contributed by atoms with Crippen molar-refractivity contribution in [3.8, 4) is 22.5 Å². The van der Waals surface area contributed by atoms with Crippen LogP contribution in [-0.2, 0) is 43.8 Å². The molecule has 0 bridgehead atoms. The smallest absolute Gasteiger partial charge is 0.0799 e.